The molecule has 0 aromatic heterocycles. The number of rotatable bonds is 4. The van der Waals surface area contributed by atoms with Gasteiger partial charge in [-0.15, -0.1) is 0 Å². The topological polar surface area (TPSA) is 64.3 Å². The van der Waals surface area contributed by atoms with Crippen molar-refractivity contribution in [1.82, 2.24) is 5.32 Å². The van der Waals surface area contributed by atoms with Gasteiger partial charge in [0.1, 0.15) is 5.75 Å². The molecule has 5 heteroatoms. The minimum Gasteiger partial charge on any atom is -0.483 e. The summed E-state index contributed by atoms with van der Waals surface area (Å²) in [5.74, 6) is 0.558. The average Bonchev–Trinajstić information content (AvgIpc) is 2.43. The Balaban J connectivity index is 1.79. The fraction of sp³-hybridized carbons (Fsp3) is 0.533. The number of benzene rings is 1. The van der Waals surface area contributed by atoms with Crippen molar-refractivity contribution >= 4 is 17.5 Å². The predicted octanol–water partition coefficient (Wildman–Crippen LogP) is 2.41. The molecule has 1 saturated carbocycles. The lowest BCUT2D eigenvalue weighted by atomic mass is 9.92. The fourth-order valence-electron chi connectivity index (χ4n) is 2.42. The molecule has 0 aliphatic heterocycles. The van der Waals surface area contributed by atoms with Crippen molar-refractivity contribution in [3.63, 3.8) is 0 Å². The minimum absolute atomic E-state index is 0.0176. The molecule has 1 aliphatic carbocycles. The fourth-order valence-corrected chi connectivity index (χ4v) is 2.59. The number of carbonyl (C=O) groups is 1. The molecule has 0 bridgehead atoms. The third-order valence-corrected chi connectivity index (χ3v) is 4.12. The van der Waals surface area contributed by atoms with Crippen LogP contribution in [0.15, 0.2) is 18.2 Å². The van der Waals surface area contributed by atoms with E-state index in [9.17, 15) is 4.79 Å². The second kappa shape index (κ2) is 6.95. The van der Waals surface area contributed by atoms with E-state index in [2.05, 4.69) is 5.32 Å². The molecule has 1 aliphatic rings. The van der Waals surface area contributed by atoms with Gasteiger partial charge in [-0.3, -0.25) is 4.79 Å². The summed E-state index contributed by atoms with van der Waals surface area (Å²) in [6.45, 7) is 1.89. The molecule has 1 amide bonds. The van der Waals surface area contributed by atoms with E-state index in [-0.39, 0.29) is 24.6 Å². The molecule has 1 aromatic carbocycles. The molecule has 2 rings (SSSR count). The highest BCUT2D eigenvalue weighted by molar-refractivity contribution is 6.31. The summed E-state index contributed by atoms with van der Waals surface area (Å²) in [5.41, 5.74) is 6.70. The van der Waals surface area contributed by atoms with Gasteiger partial charge in [-0.05, 0) is 44.7 Å². The van der Waals surface area contributed by atoms with Crippen molar-refractivity contribution in [2.45, 2.75) is 44.7 Å². The van der Waals surface area contributed by atoms with Gasteiger partial charge < -0.3 is 15.8 Å². The summed E-state index contributed by atoms with van der Waals surface area (Å²) in [4.78, 5) is 11.9. The Kier molecular flexibility index (Phi) is 5.26. The second-order valence-corrected chi connectivity index (χ2v) is 5.74. The molecular weight excluding hydrogens is 276 g/mol. The largest absolute Gasteiger partial charge is 0.483 e. The van der Waals surface area contributed by atoms with E-state index in [0.717, 1.165) is 31.2 Å². The van der Waals surface area contributed by atoms with Crippen LogP contribution in [-0.4, -0.2) is 24.6 Å². The zero-order valence-electron chi connectivity index (χ0n) is 11.7. The van der Waals surface area contributed by atoms with E-state index in [0.29, 0.717) is 10.8 Å². The van der Waals surface area contributed by atoms with Crippen molar-refractivity contribution in [3.05, 3.63) is 28.8 Å². The van der Waals surface area contributed by atoms with E-state index in [4.69, 9.17) is 22.1 Å². The first kappa shape index (κ1) is 15.1. The molecule has 0 atom stereocenters. The zero-order chi connectivity index (χ0) is 14.5. The molecule has 20 heavy (non-hydrogen) atoms. The monoisotopic (exact) mass is 296 g/mol. The van der Waals surface area contributed by atoms with Gasteiger partial charge in [0, 0.05) is 22.7 Å². The first-order valence-electron chi connectivity index (χ1n) is 6.99. The summed E-state index contributed by atoms with van der Waals surface area (Å²) in [6.07, 6.45) is 3.84. The van der Waals surface area contributed by atoms with Gasteiger partial charge in [-0.1, -0.05) is 17.7 Å². The summed E-state index contributed by atoms with van der Waals surface area (Å²) < 4.78 is 5.52. The Morgan fingerprint density at radius 2 is 2.10 bits per heavy atom. The van der Waals surface area contributed by atoms with E-state index in [1.807, 2.05) is 19.1 Å². The van der Waals surface area contributed by atoms with Crippen LogP contribution in [0, 0.1) is 6.92 Å². The van der Waals surface area contributed by atoms with Crippen LogP contribution in [0.3, 0.4) is 0 Å². The third-order valence-electron chi connectivity index (χ3n) is 3.71. The number of amides is 1. The summed E-state index contributed by atoms with van der Waals surface area (Å²) in [6, 6.07) is 5.94. The Morgan fingerprint density at radius 1 is 1.40 bits per heavy atom. The Labute approximate surface area is 124 Å². The van der Waals surface area contributed by atoms with E-state index in [1.165, 1.54) is 0 Å². The van der Waals surface area contributed by atoms with Crippen molar-refractivity contribution in [2.24, 2.45) is 5.73 Å². The molecule has 0 radical (unpaired) electrons. The molecule has 3 N–H and O–H groups in total. The molecule has 110 valence electrons. The molecule has 0 saturated heterocycles. The van der Waals surface area contributed by atoms with Crippen molar-refractivity contribution < 1.29 is 9.53 Å². The number of hydrogen-bond acceptors (Lipinski definition) is 3. The summed E-state index contributed by atoms with van der Waals surface area (Å²) in [7, 11) is 0. The maximum Gasteiger partial charge on any atom is 0.258 e. The highest BCUT2D eigenvalue weighted by Gasteiger charge is 2.20. The summed E-state index contributed by atoms with van der Waals surface area (Å²) in [5, 5.41) is 3.63. The lowest BCUT2D eigenvalue weighted by Gasteiger charge is -2.26. The van der Waals surface area contributed by atoms with Gasteiger partial charge in [-0.25, -0.2) is 0 Å². The van der Waals surface area contributed by atoms with Crippen molar-refractivity contribution in [1.29, 1.82) is 0 Å². The first-order valence-corrected chi connectivity index (χ1v) is 7.37. The summed E-state index contributed by atoms with van der Waals surface area (Å²) >= 11 is 6.01. The standard InChI is InChI=1S/C15H21ClN2O2/c1-10-13(16)3-2-4-14(10)20-9-15(19)18-12-7-5-11(17)6-8-12/h2-4,11-12H,5-9,17H2,1H3,(H,18,19). The number of ether oxygens (including phenoxy) is 1. The Hall–Kier alpha value is -1.26. The average molecular weight is 297 g/mol. The van der Waals surface area contributed by atoms with Crippen molar-refractivity contribution in [2.75, 3.05) is 6.61 Å². The minimum atomic E-state index is -0.0927. The Bertz CT molecular complexity index is 471. The van der Waals surface area contributed by atoms with Crippen LogP contribution in [0.25, 0.3) is 0 Å². The third kappa shape index (κ3) is 4.12. The number of nitrogens with two attached hydrogens (primary N) is 1. The van der Waals surface area contributed by atoms with E-state index >= 15 is 0 Å². The molecular formula is C15H21ClN2O2. The normalized spacial score (nSPS) is 22.4. The second-order valence-electron chi connectivity index (χ2n) is 5.33. The SMILES string of the molecule is Cc1c(Cl)cccc1OCC(=O)NC1CCC(N)CC1. The van der Waals surface area contributed by atoms with Gasteiger partial charge in [0.05, 0.1) is 0 Å². The smallest absolute Gasteiger partial charge is 0.258 e. The molecule has 4 nitrogen and oxygen atoms in total. The first-order chi connectivity index (χ1) is 9.56. The highest BCUT2D eigenvalue weighted by atomic mass is 35.5. The molecule has 1 fully saturated rings. The maximum absolute atomic E-state index is 11.9. The number of carbonyl (C=O) groups excluding carboxylic acids is 1. The zero-order valence-corrected chi connectivity index (χ0v) is 12.5. The quantitative estimate of drug-likeness (QED) is 0.897. The van der Waals surface area contributed by atoms with Crippen LogP contribution in [0.4, 0.5) is 0 Å². The van der Waals surface area contributed by atoms with E-state index < -0.39 is 0 Å². The van der Waals surface area contributed by atoms with Crippen LogP contribution in [-0.2, 0) is 4.79 Å². The van der Waals surface area contributed by atoms with Gasteiger partial charge in [-0.2, -0.15) is 0 Å². The number of nitrogens with one attached hydrogen (secondary N) is 1. The lowest BCUT2D eigenvalue weighted by molar-refractivity contribution is -0.124. The molecule has 0 heterocycles. The lowest BCUT2D eigenvalue weighted by Crippen LogP contribution is -2.42. The van der Waals surface area contributed by atoms with Gasteiger partial charge >= 0.3 is 0 Å². The van der Waals surface area contributed by atoms with Crippen LogP contribution < -0.4 is 15.8 Å². The van der Waals surface area contributed by atoms with Crippen LogP contribution in [0.5, 0.6) is 5.75 Å². The maximum atomic E-state index is 11.9. The van der Waals surface area contributed by atoms with Gasteiger partial charge in [0.15, 0.2) is 6.61 Å². The number of halogens is 1. The molecule has 0 spiro atoms. The highest BCUT2D eigenvalue weighted by Crippen LogP contribution is 2.25. The Morgan fingerprint density at radius 3 is 2.80 bits per heavy atom. The van der Waals surface area contributed by atoms with Crippen LogP contribution in [0.2, 0.25) is 5.02 Å². The molecule has 0 unspecified atom stereocenters. The predicted molar refractivity (Wildman–Crippen MR) is 80.1 cm³/mol. The molecule has 1 aromatic rings. The van der Waals surface area contributed by atoms with E-state index in [1.54, 1.807) is 6.07 Å². The van der Waals surface area contributed by atoms with Crippen LogP contribution >= 0.6 is 11.6 Å². The number of hydrogen-bond donors (Lipinski definition) is 2. The van der Waals surface area contributed by atoms with Crippen molar-refractivity contribution in [3.8, 4) is 5.75 Å². The van der Waals surface area contributed by atoms with Gasteiger partial charge in [0.2, 0.25) is 0 Å². The van der Waals surface area contributed by atoms with Crippen LogP contribution in [0.1, 0.15) is 31.2 Å². The van der Waals surface area contributed by atoms with Gasteiger partial charge in [0.25, 0.3) is 5.91 Å².